The minimum atomic E-state index is 0.0362. The first-order chi connectivity index (χ1) is 10.3. The van der Waals surface area contributed by atoms with E-state index in [-0.39, 0.29) is 5.91 Å². The summed E-state index contributed by atoms with van der Waals surface area (Å²) in [6.07, 6.45) is 6.78. The number of aryl methyl sites for hydroxylation is 1. The van der Waals surface area contributed by atoms with Crippen molar-refractivity contribution in [3.63, 3.8) is 0 Å². The van der Waals surface area contributed by atoms with Gasteiger partial charge in [0.2, 0.25) is 0 Å². The number of rotatable bonds is 4. The van der Waals surface area contributed by atoms with Crippen molar-refractivity contribution in [1.82, 2.24) is 24.9 Å². The fourth-order valence-electron chi connectivity index (χ4n) is 2.90. The van der Waals surface area contributed by atoms with Crippen LogP contribution in [0.25, 0.3) is 0 Å². The van der Waals surface area contributed by atoms with Crippen LogP contribution in [0.1, 0.15) is 48.3 Å². The van der Waals surface area contributed by atoms with Crippen LogP contribution in [0.15, 0.2) is 24.5 Å². The van der Waals surface area contributed by atoms with Crippen molar-refractivity contribution in [2.75, 3.05) is 13.1 Å². The molecular formula is C15H21N5O. The second-order valence-corrected chi connectivity index (χ2v) is 5.57. The molecule has 3 heterocycles. The van der Waals surface area contributed by atoms with E-state index in [9.17, 15) is 4.79 Å². The van der Waals surface area contributed by atoms with Crippen LogP contribution in [0.2, 0.25) is 0 Å². The Morgan fingerprint density at radius 3 is 3.14 bits per heavy atom. The molecule has 0 aliphatic carbocycles. The van der Waals surface area contributed by atoms with E-state index in [1.165, 1.54) is 0 Å². The van der Waals surface area contributed by atoms with Gasteiger partial charge in [-0.25, -0.2) is 0 Å². The number of aromatic nitrogens is 4. The zero-order valence-electron chi connectivity index (χ0n) is 12.3. The van der Waals surface area contributed by atoms with Crippen molar-refractivity contribution in [3.05, 3.63) is 35.9 Å². The number of H-pyrrole nitrogens is 1. The molecule has 2 aromatic heterocycles. The summed E-state index contributed by atoms with van der Waals surface area (Å²) in [5.74, 6) is 0.386. The standard InChI is InChI=1S/C15H21N5O/c1-2-8-20-10-6-14(18-20)15(21)19-9-3-4-12(11-19)13-5-7-16-17-13/h5-7,10,12H,2-4,8-9,11H2,1H3,(H,16,17)/t12-/m1/s1. The summed E-state index contributed by atoms with van der Waals surface area (Å²) in [7, 11) is 0. The zero-order valence-corrected chi connectivity index (χ0v) is 12.3. The Balaban J connectivity index is 1.68. The number of nitrogens with one attached hydrogen (secondary N) is 1. The molecule has 0 aromatic carbocycles. The van der Waals surface area contributed by atoms with Crippen LogP contribution in [-0.4, -0.2) is 43.9 Å². The Labute approximate surface area is 124 Å². The summed E-state index contributed by atoms with van der Waals surface area (Å²) in [4.78, 5) is 14.5. The van der Waals surface area contributed by atoms with E-state index in [1.54, 1.807) is 6.20 Å². The molecular weight excluding hydrogens is 266 g/mol. The largest absolute Gasteiger partial charge is 0.337 e. The minimum Gasteiger partial charge on any atom is -0.337 e. The molecule has 6 heteroatoms. The number of likely N-dealkylation sites (tertiary alicyclic amines) is 1. The fourth-order valence-corrected chi connectivity index (χ4v) is 2.90. The molecule has 21 heavy (non-hydrogen) atoms. The molecule has 112 valence electrons. The first-order valence-corrected chi connectivity index (χ1v) is 7.60. The summed E-state index contributed by atoms with van der Waals surface area (Å²) in [5, 5.41) is 11.4. The Kier molecular flexibility index (Phi) is 4.03. The maximum absolute atomic E-state index is 12.6. The number of nitrogens with zero attached hydrogens (tertiary/aromatic N) is 4. The summed E-state index contributed by atoms with van der Waals surface area (Å²) in [5.41, 5.74) is 1.66. The zero-order chi connectivity index (χ0) is 14.7. The molecule has 1 aliphatic heterocycles. The lowest BCUT2D eigenvalue weighted by Crippen LogP contribution is -2.39. The van der Waals surface area contributed by atoms with Crippen LogP contribution in [0.3, 0.4) is 0 Å². The first-order valence-electron chi connectivity index (χ1n) is 7.60. The van der Waals surface area contributed by atoms with E-state index in [4.69, 9.17) is 0 Å². The number of piperidine rings is 1. The molecule has 1 fully saturated rings. The van der Waals surface area contributed by atoms with Gasteiger partial charge in [-0.15, -0.1) is 0 Å². The highest BCUT2D eigenvalue weighted by Crippen LogP contribution is 2.25. The van der Waals surface area contributed by atoms with Crippen LogP contribution >= 0.6 is 0 Å². The van der Waals surface area contributed by atoms with Crippen molar-refractivity contribution >= 4 is 5.91 Å². The van der Waals surface area contributed by atoms with Crippen molar-refractivity contribution in [2.45, 2.75) is 38.6 Å². The first kappa shape index (κ1) is 13.9. The molecule has 6 nitrogen and oxygen atoms in total. The van der Waals surface area contributed by atoms with Gasteiger partial charge in [-0.2, -0.15) is 10.2 Å². The molecule has 0 bridgehead atoms. The number of amides is 1. The molecule has 1 N–H and O–H groups in total. The number of carbonyl (C=O) groups excluding carboxylic acids is 1. The van der Waals surface area contributed by atoms with Crippen LogP contribution in [0, 0.1) is 0 Å². The van der Waals surface area contributed by atoms with Gasteiger partial charge >= 0.3 is 0 Å². The second kappa shape index (κ2) is 6.11. The fraction of sp³-hybridized carbons (Fsp3) is 0.533. The van der Waals surface area contributed by atoms with Crippen molar-refractivity contribution in [3.8, 4) is 0 Å². The van der Waals surface area contributed by atoms with Crippen molar-refractivity contribution in [2.24, 2.45) is 0 Å². The molecule has 0 radical (unpaired) electrons. The summed E-state index contributed by atoms with van der Waals surface area (Å²) >= 11 is 0. The van der Waals surface area contributed by atoms with Crippen LogP contribution in [0.4, 0.5) is 0 Å². The average molecular weight is 287 g/mol. The van der Waals surface area contributed by atoms with Gasteiger partial charge < -0.3 is 4.90 Å². The van der Waals surface area contributed by atoms with Gasteiger partial charge in [0.05, 0.1) is 0 Å². The highest BCUT2D eigenvalue weighted by Gasteiger charge is 2.27. The smallest absolute Gasteiger partial charge is 0.274 e. The van der Waals surface area contributed by atoms with E-state index < -0.39 is 0 Å². The summed E-state index contributed by atoms with van der Waals surface area (Å²) in [6, 6.07) is 3.81. The summed E-state index contributed by atoms with van der Waals surface area (Å²) in [6.45, 7) is 4.50. The normalized spacial score (nSPS) is 18.9. The Morgan fingerprint density at radius 2 is 2.38 bits per heavy atom. The molecule has 0 unspecified atom stereocenters. The molecule has 1 aliphatic rings. The van der Waals surface area contributed by atoms with Crippen LogP contribution in [-0.2, 0) is 6.54 Å². The maximum Gasteiger partial charge on any atom is 0.274 e. The number of hydrogen-bond donors (Lipinski definition) is 1. The third kappa shape index (κ3) is 2.99. The van der Waals surface area contributed by atoms with Gasteiger partial charge in [0.25, 0.3) is 5.91 Å². The SMILES string of the molecule is CCCn1ccc(C(=O)N2CCC[C@@H](c3ccn[nH]3)C2)n1. The second-order valence-electron chi connectivity index (χ2n) is 5.57. The van der Waals surface area contributed by atoms with Crippen molar-refractivity contribution in [1.29, 1.82) is 0 Å². The van der Waals surface area contributed by atoms with Gasteiger partial charge in [-0.05, 0) is 31.4 Å². The number of aromatic amines is 1. The van der Waals surface area contributed by atoms with Crippen LogP contribution < -0.4 is 0 Å². The third-order valence-electron chi connectivity index (χ3n) is 3.98. The quantitative estimate of drug-likeness (QED) is 0.935. The maximum atomic E-state index is 12.6. The minimum absolute atomic E-state index is 0.0362. The monoisotopic (exact) mass is 287 g/mol. The molecule has 1 saturated heterocycles. The van der Waals surface area contributed by atoms with E-state index in [2.05, 4.69) is 22.2 Å². The van der Waals surface area contributed by atoms with E-state index >= 15 is 0 Å². The highest BCUT2D eigenvalue weighted by atomic mass is 16.2. The van der Waals surface area contributed by atoms with Gasteiger partial charge in [0.1, 0.15) is 5.69 Å². The molecule has 0 saturated carbocycles. The lowest BCUT2D eigenvalue weighted by Gasteiger charge is -2.31. The lowest BCUT2D eigenvalue weighted by molar-refractivity contribution is 0.0699. The highest BCUT2D eigenvalue weighted by molar-refractivity contribution is 5.92. The Morgan fingerprint density at radius 1 is 1.48 bits per heavy atom. The topological polar surface area (TPSA) is 66.8 Å². The molecule has 1 atom stereocenters. The number of hydrogen-bond acceptors (Lipinski definition) is 3. The lowest BCUT2D eigenvalue weighted by atomic mass is 9.95. The third-order valence-corrected chi connectivity index (χ3v) is 3.98. The Bertz CT molecular complexity index is 589. The molecule has 2 aromatic rings. The predicted molar refractivity (Wildman–Crippen MR) is 79.0 cm³/mol. The van der Waals surface area contributed by atoms with Gasteiger partial charge in [0, 0.05) is 43.6 Å². The van der Waals surface area contributed by atoms with Gasteiger partial charge in [0.15, 0.2) is 0 Å². The molecule has 0 spiro atoms. The summed E-state index contributed by atoms with van der Waals surface area (Å²) < 4.78 is 1.84. The van der Waals surface area contributed by atoms with Crippen molar-refractivity contribution < 1.29 is 4.79 Å². The van der Waals surface area contributed by atoms with Crippen LogP contribution in [0.5, 0.6) is 0 Å². The molecule has 3 rings (SSSR count). The van der Waals surface area contributed by atoms with E-state index in [0.717, 1.165) is 44.6 Å². The molecule has 1 amide bonds. The van der Waals surface area contributed by atoms with Gasteiger partial charge in [-0.3, -0.25) is 14.6 Å². The van der Waals surface area contributed by atoms with E-state index in [0.29, 0.717) is 11.6 Å². The Hall–Kier alpha value is -2.11. The number of carbonyl (C=O) groups is 1. The average Bonchev–Trinajstić information content (AvgIpc) is 3.18. The van der Waals surface area contributed by atoms with Gasteiger partial charge in [-0.1, -0.05) is 6.92 Å². The predicted octanol–water partition coefficient (Wildman–Crippen LogP) is 2.04. The van der Waals surface area contributed by atoms with E-state index in [1.807, 2.05) is 27.9 Å².